The van der Waals surface area contributed by atoms with E-state index < -0.39 is 6.10 Å². The number of carbonyl (C=O) groups excluding carboxylic acids is 1. The Morgan fingerprint density at radius 1 is 1.13 bits per heavy atom. The van der Waals surface area contributed by atoms with E-state index in [9.17, 15) is 9.90 Å². The van der Waals surface area contributed by atoms with Gasteiger partial charge in [-0.15, -0.1) is 0 Å². The fraction of sp³-hybridized carbons (Fsp3) is 0.280. The summed E-state index contributed by atoms with van der Waals surface area (Å²) in [4.78, 5) is 19.4. The van der Waals surface area contributed by atoms with E-state index in [2.05, 4.69) is 10.3 Å². The number of aliphatic hydroxyl groups is 1. The van der Waals surface area contributed by atoms with Crippen molar-refractivity contribution in [2.45, 2.75) is 38.5 Å². The van der Waals surface area contributed by atoms with Gasteiger partial charge in [0.1, 0.15) is 5.82 Å². The molecule has 1 aromatic heterocycles. The van der Waals surface area contributed by atoms with Crippen LogP contribution >= 0.6 is 0 Å². The van der Waals surface area contributed by atoms with E-state index in [0.717, 1.165) is 22.5 Å². The zero-order valence-corrected chi connectivity index (χ0v) is 17.2. The maximum absolute atomic E-state index is 13.3. The van der Waals surface area contributed by atoms with Crippen molar-refractivity contribution in [3.05, 3.63) is 95.2 Å². The van der Waals surface area contributed by atoms with Gasteiger partial charge in [0.25, 0.3) is 5.91 Å². The van der Waals surface area contributed by atoms with Gasteiger partial charge in [0.2, 0.25) is 0 Å². The average Bonchev–Trinajstić information content (AvgIpc) is 3.58. The first-order chi connectivity index (χ1) is 14.6. The number of aryl methyl sites for hydroxylation is 1. The van der Waals surface area contributed by atoms with Crippen molar-refractivity contribution in [2.24, 2.45) is 0 Å². The standard InChI is InChI=1S/C25H27N3O2/c1-18-6-5-9-20(14-18)23(29)17-28(16-19-7-3-2-4-8-19)25(30)21-10-13-24(26-15-21)27-22-11-12-22/h2-10,13-15,22-23,29H,11-12,16-17H2,1H3,(H,26,27). The number of anilines is 1. The van der Waals surface area contributed by atoms with Crippen LogP contribution in [0.3, 0.4) is 0 Å². The number of pyridine rings is 1. The maximum Gasteiger partial charge on any atom is 0.255 e. The Hall–Kier alpha value is -3.18. The Morgan fingerprint density at radius 3 is 2.60 bits per heavy atom. The first-order valence-electron chi connectivity index (χ1n) is 10.4. The summed E-state index contributed by atoms with van der Waals surface area (Å²) in [5, 5.41) is 14.2. The SMILES string of the molecule is Cc1cccc(C(O)CN(Cc2ccccc2)C(=O)c2ccc(NC3CC3)nc2)c1. The smallest absolute Gasteiger partial charge is 0.255 e. The molecule has 2 aromatic carbocycles. The summed E-state index contributed by atoms with van der Waals surface area (Å²) < 4.78 is 0. The number of aromatic nitrogens is 1. The van der Waals surface area contributed by atoms with Gasteiger partial charge in [-0.3, -0.25) is 4.79 Å². The van der Waals surface area contributed by atoms with Crippen molar-refractivity contribution in [3.63, 3.8) is 0 Å². The number of rotatable bonds is 8. The molecule has 0 radical (unpaired) electrons. The van der Waals surface area contributed by atoms with Gasteiger partial charge in [-0.25, -0.2) is 4.98 Å². The van der Waals surface area contributed by atoms with Crippen LogP contribution < -0.4 is 5.32 Å². The van der Waals surface area contributed by atoms with Crippen LogP contribution in [0.15, 0.2) is 72.9 Å². The van der Waals surface area contributed by atoms with Crippen molar-refractivity contribution in [1.29, 1.82) is 0 Å². The molecule has 0 bridgehead atoms. The van der Waals surface area contributed by atoms with Crippen molar-refractivity contribution >= 4 is 11.7 Å². The molecule has 1 aliphatic carbocycles. The number of carbonyl (C=O) groups is 1. The molecule has 2 N–H and O–H groups in total. The molecule has 0 aliphatic heterocycles. The molecular formula is C25H27N3O2. The van der Waals surface area contributed by atoms with Crippen LogP contribution in [-0.4, -0.2) is 33.5 Å². The van der Waals surface area contributed by atoms with E-state index in [0.29, 0.717) is 18.2 Å². The predicted molar refractivity (Wildman–Crippen MR) is 118 cm³/mol. The lowest BCUT2D eigenvalue weighted by Crippen LogP contribution is -2.34. The summed E-state index contributed by atoms with van der Waals surface area (Å²) in [6.07, 6.45) is 3.19. The number of benzene rings is 2. The van der Waals surface area contributed by atoms with E-state index in [-0.39, 0.29) is 12.5 Å². The number of hydrogen-bond acceptors (Lipinski definition) is 4. The number of amides is 1. The molecule has 30 heavy (non-hydrogen) atoms. The van der Waals surface area contributed by atoms with Gasteiger partial charge in [0, 0.05) is 18.8 Å². The van der Waals surface area contributed by atoms with Gasteiger partial charge >= 0.3 is 0 Å². The molecule has 1 saturated carbocycles. The Balaban J connectivity index is 1.53. The fourth-order valence-corrected chi connectivity index (χ4v) is 3.44. The van der Waals surface area contributed by atoms with Gasteiger partial charge in [-0.2, -0.15) is 0 Å². The third-order valence-electron chi connectivity index (χ3n) is 5.26. The summed E-state index contributed by atoms with van der Waals surface area (Å²) in [7, 11) is 0. The van der Waals surface area contributed by atoms with Crippen molar-refractivity contribution in [2.75, 3.05) is 11.9 Å². The molecule has 1 heterocycles. The average molecular weight is 402 g/mol. The highest BCUT2D eigenvalue weighted by Gasteiger charge is 2.23. The molecule has 0 spiro atoms. The van der Waals surface area contributed by atoms with Crippen LogP contribution in [0, 0.1) is 6.92 Å². The molecule has 1 atom stereocenters. The zero-order valence-electron chi connectivity index (χ0n) is 17.2. The quantitative estimate of drug-likeness (QED) is 0.589. The van der Waals surface area contributed by atoms with E-state index >= 15 is 0 Å². The first kappa shape index (κ1) is 20.1. The van der Waals surface area contributed by atoms with Gasteiger partial charge in [-0.05, 0) is 43.0 Å². The van der Waals surface area contributed by atoms with Crippen LogP contribution in [0.1, 0.15) is 46.0 Å². The van der Waals surface area contributed by atoms with Crippen LogP contribution in [0.4, 0.5) is 5.82 Å². The van der Waals surface area contributed by atoms with E-state index in [4.69, 9.17) is 0 Å². The lowest BCUT2D eigenvalue weighted by atomic mass is 10.1. The number of aliphatic hydroxyl groups excluding tert-OH is 1. The molecule has 5 heteroatoms. The Morgan fingerprint density at radius 2 is 1.93 bits per heavy atom. The zero-order chi connectivity index (χ0) is 20.9. The maximum atomic E-state index is 13.3. The Labute approximate surface area is 177 Å². The van der Waals surface area contributed by atoms with Crippen LogP contribution in [0.2, 0.25) is 0 Å². The molecule has 1 aliphatic rings. The largest absolute Gasteiger partial charge is 0.387 e. The van der Waals surface area contributed by atoms with Crippen molar-refractivity contribution < 1.29 is 9.90 Å². The number of hydrogen-bond donors (Lipinski definition) is 2. The normalized spacial score (nSPS) is 14.2. The summed E-state index contributed by atoms with van der Waals surface area (Å²) in [5.41, 5.74) is 3.42. The molecule has 1 unspecified atom stereocenters. The minimum Gasteiger partial charge on any atom is -0.387 e. The lowest BCUT2D eigenvalue weighted by molar-refractivity contribution is 0.0603. The second-order valence-electron chi connectivity index (χ2n) is 7.95. The highest BCUT2D eigenvalue weighted by molar-refractivity contribution is 5.94. The second-order valence-corrected chi connectivity index (χ2v) is 7.95. The summed E-state index contributed by atoms with van der Waals surface area (Å²) in [6, 6.07) is 21.8. The van der Waals surface area contributed by atoms with Gasteiger partial charge in [-0.1, -0.05) is 60.2 Å². The monoisotopic (exact) mass is 401 g/mol. The van der Waals surface area contributed by atoms with Crippen LogP contribution in [0.5, 0.6) is 0 Å². The third kappa shape index (κ3) is 5.24. The minimum absolute atomic E-state index is 0.143. The van der Waals surface area contributed by atoms with Crippen LogP contribution in [-0.2, 0) is 6.54 Å². The topological polar surface area (TPSA) is 65.5 Å². The fourth-order valence-electron chi connectivity index (χ4n) is 3.44. The van der Waals surface area contributed by atoms with E-state index in [1.807, 2.05) is 67.6 Å². The van der Waals surface area contributed by atoms with Crippen molar-refractivity contribution in [3.8, 4) is 0 Å². The van der Waals surface area contributed by atoms with Crippen LogP contribution in [0.25, 0.3) is 0 Å². The Bertz CT molecular complexity index is 985. The predicted octanol–water partition coefficient (Wildman–Crippen LogP) is 4.34. The second kappa shape index (κ2) is 9.09. The molecule has 3 aromatic rings. The lowest BCUT2D eigenvalue weighted by Gasteiger charge is -2.26. The highest BCUT2D eigenvalue weighted by Crippen LogP contribution is 2.24. The molecule has 4 rings (SSSR count). The summed E-state index contributed by atoms with van der Waals surface area (Å²) in [6.45, 7) is 2.62. The molecule has 1 amide bonds. The summed E-state index contributed by atoms with van der Waals surface area (Å²) >= 11 is 0. The minimum atomic E-state index is -0.763. The van der Waals surface area contributed by atoms with E-state index in [1.54, 1.807) is 17.2 Å². The molecule has 5 nitrogen and oxygen atoms in total. The first-order valence-corrected chi connectivity index (χ1v) is 10.4. The number of nitrogens with one attached hydrogen (secondary N) is 1. The Kier molecular flexibility index (Phi) is 6.10. The molecule has 154 valence electrons. The van der Waals surface area contributed by atoms with Gasteiger partial charge in [0.05, 0.1) is 18.2 Å². The third-order valence-corrected chi connectivity index (χ3v) is 5.26. The molecule has 1 fully saturated rings. The molecular weight excluding hydrogens is 374 g/mol. The van der Waals surface area contributed by atoms with Crippen molar-refractivity contribution in [1.82, 2.24) is 9.88 Å². The summed E-state index contributed by atoms with van der Waals surface area (Å²) in [5.74, 6) is 0.652. The number of nitrogens with zero attached hydrogens (tertiary/aromatic N) is 2. The van der Waals surface area contributed by atoms with Gasteiger partial charge in [0.15, 0.2) is 0 Å². The highest BCUT2D eigenvalue weighted by atomic mass is 16.3. The van der Waals surface area contributed by atoms with E-state index in [1.165, 1.54) is 12.8 Å². The van der Waals surface area contributed by atoms with Gasteiger partial charge < -0.3 is 15.3 Å². The molecule has 0 saturated heterocycles.